The zero-order valence-corrected chi connectivity index (χ0v) is 10.9. The van der Waals surface area contributed by atoms with Crippen molar-refractivity contribution in [3.63, 3.8) is 0 Å². The maximum atomic E-state index is 5.71. The van der Waals surface area contributed by atoms with E-state index in [-0.39, 0.29) is 0 Å². The molecule has 0 saturated carbocycles. The van der Waals surface area contributed by atoms with Crippen molar-refractivity contribution >= 4 is 11.4 Å². The van der Waals surface area contributed by atoms with Gasteiger partial charge in [0.15, 0.2) is 0 Å². The molecule has 1 saturated heterocycles. The lowest BCUT2D eigenvalue weighted by atomic mass is 10.1. The third kappa shape index (κ3) is 2.91. The van der Waals surface area contributed by atoms with Gasteiger partial charge >= 0.3 is 0 Å². The Balaban J connectivity index is 1.93. The maximum absolute atomic E-state index is 5.71. The fraction of sp³-hybridized carbons (Fsp3) is 0.571. The van der Waals surface area contributed by atoms with Gasteiger partial charge in [-0.1, -0.05) is 6.92 Å². The summed E-state index contributed by atoms with van der Waals surface area (Å²) in [5.74, 6) is 0. The minimum Gasteiger partial charge on any atom is -0.399 e. The molecule has 3 nitrogen and oxygen atoms in total. The molecular formula is C14H23N3. The predicted octanol–water partition coefficient (Wildman–Crippen LogP) is 2.19. The van der Waals surface area contributed by atoms with Crippen molar-refractivity contribution in [2.75, 3.05) is 36.8 Å². The molecular weight excluding hydrogens is 210 g/mol. The number of piperazine rings is 1. The molecule has 3 heteroatoms. The van der Waals surface area contributed by atoms with Gasteiger partial charge in [0.25, 0.3) is 0 Å². The summed E-state index contributed by atoms with van der Waals surface area (Å²) in [5, 5.41) is 0. The molecule has 0 amide bonds. The predicted molar refractivity (Wildman–Crippen MR) is 74.4 cm³/mol. The van der Waals surface area contributed by atoms with E-state index in [1.807, 2.05) is 12.1 Å². The van der Waals surface area contributed by atoms with E-state index in [2.05, 4.69) is 35.8 Å². The van der Waals surface area contributed by atoms with Crippen molar-refractivity contribution in [1.82, 2.24) is 4.90 Å². The minimum absolute atomic E-state index is 0.712. The quantitative estimate of drug-likeness (QED) is 0.812. The smallest absolute Gasteiger partial charge is 0.0368 e. The van der Waals surface area contributed by atoms with Gasteiger partial charge in [-0.3, -0.25) is 4.90 Å². The van der Waals surface area contributed by atoms with Gasteiger partial charge in [-0.25, -0.2) is 0 Å². The average molecular weight is 233 g/mol. The fourth-order valence-electron chi connectivity index (χ4n) is 2.36. The first-order chi connectivity index (χ1) is 8.20. The van der Waals surface area contributed by atoms with Crippen molar-refractivity contribution in [1.29, 1.82) is 0 Å². The van der Waals surface area contributed by atoms with E-state index in [9.17, 15) is 0 Å². The molecule has 0 spiro atoms. The molecule has 2 N–H and O–H groups in total. The largest absolute Gasteiger partial charge is 0.399 e. The molecule has 0 bridgehead atoms. The van der Waals surface area contributed by atoms with Crippen molar-refractivity contribution in [2.24, 2.45) is 0 Å². The molecule has 1 aromatic carbocycles. The summed E-state index contributed by atoms with van der Waals surface area (Å²) in [6.45, 7) is 9.15. The van der Waals surface area contributed by atoms with E-state index in [1.165, 1.54) is 25.2 Å². The Morgan fingerprint density at radius 2 is 1.71 bits per heavy atom. The van der Waals surface area contributed by atoms with E-state index in [4.69, 9.17) is 5.73 Å². The van der Waals surface area contributed by atoms with Crippen LogP contribution in [0.1, 0.15) is 20.3 Å². The highest BCUT2D eigenvalue weighted by molar-refractivity contribution is 5.53. The lowest BCUT2D eigenvalue weighted by Crippen LogP contribution is -2.49. The summed E-state index contributed by atoms with van der Waals surface area (Å²) in [6, 6.07) is 8.92. The zero-order valence-electron chi connectivity index (χ0n) is 10.9. The Morgan fingerprint density at radius 1 is 1.12 bits per heavy atom. The first-order valence-electron chi connectivity index (χ1n) is 6.55. The normalized spacial score (nSPS) is 19.3. The van der Waals surface area contributed by atoms with Crippen LogP contribution in [0.5, 0.6) is 0 Å². The lowest BCUT2D eigenvalue weighted by molar-refractivity contribution is 0.193. The topological polar surface area (TPSA) is 32.5 Å². The van der Waals surface area contributed by atoms with Crippen molar-refractivity contribution < 1.29 is 0 Å². The van der Waals surface area contributed by atoms with E-state index in [0.717, 1.165) is 18.8 Å². The first-order valence-corrected chi connectivity index (χ1v) is 6.55. The molecule has 0 radical (unpaired) electrons. The maximum Gasteiger partial charge on any atom is 0.0368 e. The van der Waals surface area contributed by atoms with Gasteiger partial charge in [0.1, 0.15) is 0 Å². The Labute approximate surface area is 104 Å². The average Bonchev–Trinajstić information content (AvgIpc) is 2.39. The fourth-order valence-corrected chi connectivity index (χ4v) is 2.36. The Bertz CT molecular complexity index is 339. The number of hydrogen-bond acceptors (Lipinski definition) is 3. The lowest BCUT2D eigenvalue weighted by Gasteiger charge is -2.39. The monoisotopic (exact) mass is 233 g/mol. The first kappa shape index (κ1) is 12.2. The van der Waals surface area contributed by atoms with E-state index < -0.39 is 0 Å². The summed E-state index contributed by atoms with van der Waals surface area (Å²) >= 11 is 0. The number of hydrogen-bond donors (Lipinski definition) is 1. The van der Waals surface area contributed by atoms with Gasteiger partial charge in [-0.15, -0.1) is 0 Å². The van der Waals surface area contributed by atoms with Crippen LogP contribution in [0.15, 0.2) is 24.3 Å². The second-order valence-corrected chi connectivity index (χ2v) is 4.87. The highest BCUT2D eigenvalue weighted by Gasteiger charge is 2.19. The van der Waals surface area contributed by atoms with Crippen LogP contribution in [0, 0.1) is 0 Å². The molecule has 17 heavy (non-hydrogen) atoms. The molecule has 0 unspecified atom stereocenters. The number of nitrogen functional groups attached to an aromatic ring is 1. The van der Waals surface area contributed by atoms with Crippen LogP contribution in [-0.2, 0) is 0 Å². The molecule has 0 aromatic heterocycles. The third-order valence-electron chi connectivity index (χ3n) is 3.79. The zero-order chi connectivity index (χ0) is 12.3. The highest BCUT2D eigenvalue weighted by atomic mass is 15.3. The molecule has 94 valence electrons. The second kappa shape index (κ2) is 5.41. The van der Waals surface area contributed by atoms with Crippen LogP contribution in [-0.4, -0.2) is 37.1 Å². The number of nitrogens with zero attached hydrogens (tertiary/aromatic N) is 2. The van der Waals surface area contributed by atoms with Crippen LogP contribution < -0.4 is 10.6 Å². The molecule has 1 heterocycles. The molecule has 1 aliphatic heterocycles. The summed E-state index contributed by atoms with van der Waals surface area (Å²) in [4.78, 5) is 5.02. The van der Waals surface area contributed by atoms with Gasteiger partial charge < -0.3 is 10.6 Å². The summed E-state index contributed by atoms with van der Waals surface area (Å²) in [7, 11) is 0. The number of rotatable bonds is 3. The van der Waals surface area contributed by atoms with Crippen molar-refractivity contribution in [2.45, 2.75) is 26.3 Å². The van der Waals surface area contributed by atoms with Crippen LogP contribution in [0.25, 0.3) is 0 Å². The summed E-state index contributed by atoms with van der Waals surface area (Å²) in [5.41, 5.74) is 7.84. The van der Waals surface area contributed by atoms with Gasteiger partial charge in [-0.2, -0.15) is 0 Å². The molecule has 1 atom stereocenters. The molecule has 1 aromatic rings. The van der Waals surface area contributed by atoms with Crippen molar-refractivity contribution in [3.8, 4) is 0 Å². The number of nitrogens with two attached hydrogens (primary N) is 1. The highest BCUT2D eigenvalue weighted by Crippen LogP contribution is 2.19. The van der Waals surface area contributed by atoms with Crippen LogP contribution in [0.2, 0.25) is 0 Å². The van der Waals surface area contributed by atoms with Crippen molar-refractivity contribution in [3.05, 3.63) is 24.3 Å². The molecule has 1 aliphatic rings. The Morgan fingerprint density at radius 3 is 2.24 bits per heavy atom. The Hall–Kier alpha value is -1.22. The third-order valence-corrected chi connectivity index (χ3v) is 3.79. The van der Waals surface area contributed by atoms with Crippen LogP contribution in [0.4, 0.5) is 11.4 Å². The standard InChI is InChI=1S/C14H23N3/c1-3-12(2)16-8-10-17(11-9-16)14-6-4-13(15)5-7-14/h4-7,12H,3,8-11,15H2,1-2H3/t12-/m1/s1. The van der Waals surface area contributed by atoms with E-state index in [1.54, 1.807) is 0 Å². The van der Waals surface area contributed by atoms with Crippen LogP contribution >= 0.6 is 0 Å². The summed E-state index contributed by atoms with van der Waals surface area (Å²) in [6.07, 6.45) is 1.24. The van der Waals surface area contributed by atoms with Gasteiger partial charge in [-0.05, 0) is 37.6 Å². The SMILES string of the molecule is CC[C@@H](C)N1CCN(c2ccc(N)cc2)CC1. The van der Waals surface area contributed by atoms with E-state index >= 15 is 0 Å². The van der Waals surface area contributed by atoms with Gasteiger partial charge in [0.2, 0.25) is 0 Å². The second-order valence-electron chi connectivity index (χ2n) is 4.87. The molecule has 1 fully saturated rings. The molecule has 0 aliphatic carbocycles. The van der Waals surface area contributed by atoms with Crippen LogP contribution in [0.3, 0.4) is 0 Å². The minimum atomic E-state index is 0.712. The van der Waals surface area contributed by atoms with Gasteiger partial charge in [0.05, 0.1) is 0 Å². The number of anilines is 2. The van der Waals surface area contributed by atoms with E-state index in [0.29, 0.717) is 6.04 Å². The molecule has 2 rings (SSSR count). The number of benzene rings is 1. The summed E-state index contributed by atoms with van der Waals surface area (Å²) < 4.78 is 0. The Kier molecular flexibility index (Phi) is 3.89. The van der Waals surface area contributed by atoms with Gasteiger partial charge in [0, 0.05) is 43.6 Å².